The van der Waals surface area contributed by atoms with Crippen LogP contribution in [0.25, 0.3) is 0 Å². The molecule has 0 bridgehead atoms. The monoisotopic (exact) mass is 193 g/mol. The standard InChI is InChI=1S/C10H15N3O/c1-8-2-4-9(5-3-8)13(12)10(14)6-7-11/h2-5H,6-7,11-12H2,1H3. The number of hydrogen-bond acceptors (Lipinski definition) is 3. The van der Waals surface area contributed by atoms with Crippen LogP contribution < -0.4 is 16.6 Å². The predicted octanol–water partition coefficient (Wildman–Crippen LogP) is 0.551. The van der Waals surface area contributed by atoms with E-state index >= 15 is 0 Å². The number of nitrogens with zero attached hydrogens (tertiary/aromatic N) is 1. The van der Waals surface area contributed by atoms with Crippen molar-refractivity contribution in [3.05, 3.63) is 29.8 Å². The molecule has 1 aromatic rings. The zero-order chi connectivity index (χ0) is 10.6. The number of hydrogen-bond donors (Lipinski definition) is 2. The highest BCUT2D eigenvalue weighted by Crippen LogP contribution is 2.12. The van der Waals surface area contributed by atoms with Crippen LogP contribution in [0.5, 0.6) is 0 Å². The molecule has 76 valence electrons. The summed E-state index contributed by atoms with van der Waals surface area (Å²) in [4.78, 5) is 11.3. The van der Waals surface area contributed by atoms with E-state index in [4.69, 9.17) is 11.6 Å². The lowest BCUT2D eigenvalue weighted by atomic mass is 10.2. The van der Waals surface area contributed by atoms with Gasteiger partial charge in [-0.25, -0.2) is 10.9 Å². The Morgan fingerprint density at radius 3 is 2.43 bits per heavy atom. The number of aryl methyl sites for hydroxylation is 1. The van der Waals surface area contributed by atoms with Crippen LogP contribution in [0.1, 0.15) is 12.0 Å². The molecule has 0 aliphatic carbocycles. The first-order chi connectivity index (χ1) is 6.65. The summed E-state index contributed by atoms with van der Waals surface area (Å²) < 4.78 is 0. The lowest BCUT2D eigenvalue weighted by Gasteiger charge is -2.16. The normalized spacial score (nSPS) is 9.93. The van der Waals surface area contributed by atoms with Crippen LogP contribution in [-0.2, 0) is 4.79 Å². The van der Waals surface area contributed by atoms with E-state index in [-0.39, 0.29) is 12.3 Å². The molecule has 0 aliphatic rings. The van der Waals surface area contributed by atoms with Crippen LogP contribution in [0.15, 0.2) is 24.3 Å². The van der Waals surface area contributed by atoms with Gasteiger partial charge >= 0.3 is 0 Å². The summed E-state index contributed by atoms with van der Waals surface area (Å²) in [6, 6.07) is 7.43. The fourth-order valence-corrected chi connectivity index (χ4v) is 1.09. The molecule has 0 unspecified atom stereocenters. The SMILES string of the molecule is Cc1ccc(N(N)C(=O)CCN)cc1. The van der Waals surface area contributed by atoms with Gasteiger partial charge in [0.15, 0.2) is 0 Å². The van der Waals surface area contributed by atoms with Crippen molar-refractivity contribution in [3.8, 4) is 0 Å². The Hall–Kier alpha value is -1.39. The summed E-state index contributed by atoms with van der Waals surface area (Å²) in [7, 11) is 0. The molecule has 0 radical (unpaired) electrons. The fourth-order valence-electron chi connectivity index (χ4n) is 1.09. The fraction of sp³-hybridized carbons (Fsp3) is 0.300. The molecule has 1 rings (SSSR count). The molecule has 1 amide bonds. The van der Waals surface area contributed by atoms with Gasteiger partial charge in [-0.2, -0.15) is 0 Å². The molecule has 0 atom stereocenters. The quantitative estimate of drug-likeness (QED) is 0.418. The molecule has 0 saturated heterocycles. The number of benzene rings is 1. The topological polar surface area (TPSA) is 72.3 Å². The minimum atomic E-state index is -0.170. The highest BCUT2D eigenvalue weighted by molar-refractivity contribution is 5.92. The Bertz CT molecular complexity index is 308. The van der Waals surface area contributed by atoms with Crippen LogP contribution >= 0.6 is 0 Å². The van der Waals surface area contributed by atoms with Crippen LogP contribution in [-0.4, -0.2) is 12.5 Å². The van der Waals surface area contributed by atoms with E-state index in [0.29, 0.717) is 12.2 Å². The van der Waals surface area contributed by atoms with Crippen LogP contribution in [0.2, 0.25) is 0 Å². The smallest absolute Gasteiger partial charge is 0.242 e. The largest absolute Gasteiger partial charge is 0.330 e. The highest BCUT2D eigenvalue weighted by Gasteiger charge is 2.09. The summed E-state index contributed by atoms with van der Waals surface area (Å²) in [6.45, 7) is 2.30. The third-order valence-electron chi connectivity index (χ3n) is 1.94. The molecular formula is C10H15N3O. The molecule has 1 aromatic carbocycles. The van der Waals surface area contributed by atoms with Crippen molar-refractivity contribution in [2.24, 2.45) is 11.6 Å². The van der Waals surface area contributed by atoms with E-state index in [1.165, 1.54) is 0 Å². The first-order valence-corrected chi connectivity index (χ1v) is 4.49. The maximum absolute atomic E-state index is 11.3. The van der Waals surface area contributed by atoms with Gasteiger partial charge in [-0.3, -0.25) is 4.79 Å². The molecule has 4 N–H and O–H groups in total. The second kappa shape index (κ2) is 4.74. The van der Waals surface area contributed by atoms with E-state index in [2.05, 4.69) is 0 Å². The van der Waals surface area contributed by atoms with Gasteiger partial charge in [0.2, 0.25) is 5.91 Å². The second-order valence-electron chi connectivity index (χ2n) is 3.14. The van der Waals surface area contributed by atoms with Crippen molar-refractivity contribution in [1.82, 2.24) is 0 Å². The molecule has 4 nitrogen and oxygen atoms in total. The maximum Gasteiger partial charge on any atom is 0.242 e. The molecule has 4 heteroatoms. The van der Waals surface area contributed by atoms with Gasteiger partial charge in [-0.15, -0.1) is 0 Å². The molecule has 0 aliphatic heterocycles. The molecule has 0 spiro atoms. The number of hydrazine groups is 1. The van der Waals surface area contributed by atoms with Gasteiger partial charge in [0.1, 0.15) is 0 Å². The van der Waals surface area contributed by atoms with Crippen molar-refractivity contribution >= 4 is 11.6 Å². The predicted molar refractivity (Wildman–Crippen MR) is 56.5 cm³/mol. The minimum Gasteiger partial charge on any atom is -0.330 e. The zero-order valence-corrected chi connectivity index (χ0v) is 8.23. The zero-order valence-electron chi connectivity index (χ0n) is 8.23. The van der Waals surface area contributed by atoms with Gasteiger partial charge < -0.3 is 5.73 Å². The van der Waals surface area contributed by atoms with Gasteiger partial charge in [-0.05, 0) is 19.1 Å². The van der Waals surface area contributed by atoms with Crippen molar-refractivity contribution in [3.63, 3.8) is 0 Å². The lowest BCUT2D eigenvalue weighted by molar-refractivity contribution is -0.118. The van der Waals surface area contributed by atoms with Gasteiger partial charge in [0, 0.05) is 13.0 Å². The number of nitrogens with two attached hydrogens (primary N) is 2. The van der Waals surface area contributed by atoms with E-state index in [9.17, 15) is 4.79 Å². The Kier molecular flexibility index (Phi) is 3.62. The Balaban J connectivity index is 2.73. The number of rotatable bonds is 3. The third kappa shape index (κ3) is 2.55. The van der Waals surface area contributed by atoms with E-state index < -0.39 is 0 Å². The van der Waals surface area contributed by atoms with Crippen molar-refractivity contribution in [2.45, 2.75) is 13.3 Å². The number of amides is 1. The van der Waals surface area contributed by atoms with Crippen molar-refractivity contribution < 1.29 is 4.79 Å². The molecule has 0 aromatic heterocycles. The molecule has 0 heterocycles. The average molecular weight is 193 g/mol. The first-order valence-electron chi connectivity index (χ1n) is 4.49. The Morgan fingerprint density at radius 1 is 1.36 bits per heavy atom. The summed E-state index contributed by atoms with van der Waals surface area (Å²) in [5.74, 6) is 5.43. The minimum absolute atomic E-state index is 0.170. The van der Waals surface area contributed by atoms with Gasteiger partial charge in [0.05, 0.1) is 5.69 Å². The molecular weight excluding hydrogens is 178 g/mol. The number of carbonyl (C=O) groups is 1. The Morgan fingerprint density at radius 2 is 1.93 bits per heavy atom. The first kappa shape index (κ1) is 10.7. The summed E-state index contributed by atoms with van der Waals surface area (Å²) >= 11 is 0. The van der Waals surface area contributed by atoms with Crippen molar-refractivity contribution in [2.75, 3.05) is 11.6 Å². The molecule has 0 saturated carbocycles. The van der Waals surface area contributed by atoms with Crippen LogP contribution in [0.3, 0.4) is 0 Å². The van der Waals surface area contributed by atoms with Crippen molar-refractivity contribution in [1.29, 1.82) is 0 Å². The van der Waals surface area contributed by atoms with Gasteiger partial charge in [-0.1, -0.05) is 17.7 Å². The maximum atomic E-state index is 11.3. The third-order valence-corrected chi connectivity index (χ3v) is 1.94. The van der Waals surface area contributed by atoms with E-state index in [1.807, 2.05) is 31.2 Å². The van der Waals surface area contributed by atoms with Crippen LogP contribution in [0, 0.1) is 6.92 Å². The summed E-state index contributed by atoms with van der Waals surface area (Å²) in [6.07, 6.45) is 0.268. The number of anilines is 1. The summed E-state index contributed by atoms with van der Waals surface area (Å²) in [5, 5.41) is 1.13. The molecule has 0 fully saturated rings. The highest BCUT2D eigenvalue weighted by atomic mass is 16.2. The lowest BCUT2D eigenvalue weighted by Crippen LogP contribution is -2.38. The van der Waals surface area contributed by atoms with Crippen LogP contribution in [0.4, 0.5) is 5.69 Å². The summed E-state index contributed by atoms with van der Waals surface area (Å²) in [5.41, 5.74) is 7.09. The number of carbonyl (C=O) groups excluding carboxylic acids is 1. The van der Waals surface area contributed by atoms with E-state index in [1.54, 1.807) is 0 Å². The molecule has 14 heavy (non-hydrogen) atoms. The second-order valence-corrected chi connectivity index (χ2v) is 3.14. The average Bonchev–Trinajstić information content (AvgIpc) is 2.18. The Labute approximate surface area is 83.5 Å². The van der Waals surface area contributed by atoms with E-state index in [0.717, 1.165) is 10.6 Å². The van der Waals surface area contributed by atoms with Gasteiger partial charge in [0.25, 0.3) is 0 Å².